The highest BCUT2D eigenvalue weighted by Crippen LogP contribution is 2.41. The van der Waals surface area contributed by atoms with Crippen molar-refractivity contribution in [3.63, 3.8) is 0 Å². The maximum Gasteiger partial charge on any atom is 0.259 e. The maximum absolute atomic E-state index is 14.6. The Hall–Kier alpha value is -0.680. The fourth-order valence-electron chi connectivity index (χ4n) is 3.05. The Morgan fingerprint density at radius 1 is 1.28 bits per heavy atom. The van der Waals surface area contributed by atoms with E-state index in [1.54, 1.807) is 14.1 Å². The van der Waals surface area contributed by atoms with Crippen molar-refractivity contribution in [3.05, 3.63) is 0 Å². The van der Waals surface area contributed by atoms with Crippen LogP contribution in [0.4, 0.5) is 4.39 Å². The van der Waals surface area contributed by atoms with Gasteiger partial charge in [-0.3, -0.25) is 4.79 Å². The zero-order valence-electron chi connectivity index (χ0n) is 11.5. The molecule has 104 valence electrons. The largest absolute Gasteiger partial charge is 0.372 e. The van der Waals surface area contributed by atoms with Crippen LogP contribution in [0.15, 0.2) is 0 Å². The predicted molar refractivity (Wildman–Crippen MR) is 67.2 cm³/mol. The summed E-state index contributed by atoms with van der Waals surface area (Å²) in [4.78, 5) is 15.4. The number of rotatable bonds is 1. The van der Waals surface area contributed by atoms with Gasteiger partial charge in [0.05, 0.1) is 12.2 Å². The third kappa shape index (κ3) is 2.52. The molecule has 0 unspecified atom stereocenters. The van der Waals surface area contributed by atoms with Crippen molar-refractivity contribution in [2.75, 3.05) is 40.8 Å². The third-order valence-corrected chi connectivity index (χ3v) is 4.18. The van der Waals surface area contributed by atoms with Crippen molar-refractivity contribution in [1.82, 2.24) is 9.80 Å². The number of morpholine rings is 1. The standard InChI is InChI=1S/C13H23FN2O2/c1-15(2)11(17)13(14)6-4-12(5-7-13)10-16(3)8-9-18-12/h4-10H2,1-3H3. The average Bonchev–Trinajstić information content (AvgIpc) is 2.32. The van der Waals surface area contributed by atoms with Crippen molar-refractivity contribution in [1.29, 1.82) is 0 Å². The first kappa shape index (κ1) is 13.7. The number of halogens is 1. The smallest absolute Gasteiger partial charge is 0.259 e. The van der Waals surface area contributed by atoms with Crippen LogP contribution in [0.5, 0.6) is 0 Å². The number of hydrogen-bond donors (Lipinski definition) is 0. The number of likely N-dealkylation sites (N-methyl/N-ethyl adjacent to an activating group) is 1. The van der Waals surface area contributed by atoms with E-state index in [2.05, 4.69) is 11.9 Å². The molecule has 0 bridgehead atoms. The summed E-state index contributed by atoms with van der Waals surface area (Å²) in [6.07, 6.45) is 1.82. The predicted octanol–water partition coefficient (Wildman–Crippen LogP) is 1.06. The van der Waals surface area contributed by atoms with Crippen molar-refractivity contribution >= 4 is 5.91 Å². The molecule has 1 aliphatic heterocycles. The monoisotopic (exact) mass is 258 g/mol. The number of carbonyl (C=O) groups excluding carboxylic acids is 1. The van der Waals surface area contributed by atoms with Gasteiger partial charge >= 0.3 is 0 Å². The number of carbonyl (C=O) groups is 1. The Kier molecular flexibility index (Phi) is 3.65. The van der Waals surface area contributed by atoms with Crippen LogP contribution >= 0.6 is 0 Å². The molecule has 0 atom stereocenters. The second-order valence-corrected chi connectivity index (χ2v) is 5.93. The molecule has 1 heterocycles. The summed E-state index contributed by atoms with van der Waals surface area (Å²) in [6, 6.07) is 0. The Bertz CT molecular complexity index is 325. The van der Waals surface area contributed by atoms with Gasteiger partial charge in [-0.1, -0.05) is 0 Å². The first-order valence-corrected chi connectivity index (χ1v) is 6.60. The fourth-order valence-corrected chi connectivity index (χ4v) is 3.05. The summed E-state index contributed by atoms with van der Waals surface area (Å²) >= 11 is 0. The van der Waals surface area contributed by atoms with Crippen molar-refractivity contribution in [3.8, 4) is 0 Å². The van der Waals surface area contributed by atoms with E-state index in [1.165, 1.54) is 4.90 Å². The van der Waals surface area contributed by atoms with E-state index < -0.39 is 11.6 Å². The van der Waals surface area contributed by atoms with Crippen molar-refractivity contribution in [2.24, 2.45) is 0 Å². The van der Waals surface area contributed by atoms with Crippen LogP contribution in [0.25, 0.3) is 0 Å². The van der Waals surface area contributed by atoms with Gasteiger partial charge in [0, 0.05) is 27.2 Å². The molecule has 2 aliphatic rings. The third-order valence-electron chi connectivity index (χ3n) is 4.18. The molecule has 1 saturated carbocycles. The van der Waals surface area contributed by atoms with Crippen LogP contribution in [0.1, 0.15) is 25.7 Å². The lowest BCUT2D eigenvalue weighted by atomic mass is 9.75. The summed E-state index contributed by atoms with van der Waals surface area (Å²) in [5.41, 5.74) is -1.91. The first-order valence-electron chi connectivity index (χ1n) is 6.60. The van der Waals surface area contributed by atoms with Crippen LogP contribution in [0.2, 0.25) is 0 Å². The van der Waals surface area contributed by atoms with Gasteiger partial charge in [0.1, 0.15) is 0 Å². The number of hydrogen-bond acceptors (Lipinski definition) is 3. The summed E-state index contributed by atoms with van der Waals surface area (Å²) in [5, 5.41) is 0. The Balaban J connectivity index is 2.01. The lowest BCUT2D eigenvalue weighted by molar-refractivity contribution is -0.160. The Morgan fingerprint density at radius 3 is 2.39 bits per heavy atom. The second-order valence-electron chi connectivity index (χ2n) is 5.93. The highest BCUT2D eigenvalue weighted by Gasteiger charge is 2.49. The van der Waals surface area contributed by atoms with Crippen LogP contribution in [0.3, 0.4) is 0 Å². The molecule has 0 radical (unpaired) electrons. The molecule has 5 heteroatoms. The molecular formula is C13H23FN2O2. The van der Waals surface area contributed by atoms with Gasteiger partial charge in [-0.15, -0.1) is 0 Å². The minimum Gasteiger partial charge on any atom is -0.372 e. The van der Waals surface area contributed by atoms with E-state index in [-0.39, 0.29) is 18.4 Å². The van der Waals surface area contributed by atoms with E-state index in [0.29, 0.717) is 19.4 Å². The van der Waals surface area contributed by atoms with Gasteiger partial charge in [0.25, 0.3) is 5.91 Å². The fraction of sp³-hybridized carbons (Fsp3) is 0.923. The molecule has 1 aliphatic carbocycles. The SMILES string of the molecule is CN1CCOC2(CCC(F)(C(=O)N(C)C)CC2)C1. The molecule has 1 spiro atoms. The molecule has 18 heavy (non-hydrogen) atoms. The molecule has 0 aromatic rings. The van der Waals surface area contributed by atoms with Gasteiger partial charge < -0.3 is 14.5 Å². The number of amides is 1. The van der Waals surface area contributed by atoms with Crippen LogP contribution in [0, 0.1) is 0 Å². The molecule has 1 saturated heterocycles. The van der Waals surface area contributed by atoms with Gasteiger partial charge in [-0.05, 0) is 32.7 Å². The first-order chi connectivity index (χ1) is 8.37. The van der Waals surface area contributed by atoms with Gasteiger partial charge in [0.15, 0.2) is 5.67 Å². The highest BCUT2D eigenvalue weighted by atomic mass is 19.1. The zero-order valence-corrected chi connectivity index (χ0v) is 11.5. The summed E-state index contributed by atoms with van der Waals surface area (Å²) < 4.78 is 20.5. The zero-order chi connectivity index (χ0) is 13.4. The Labute approximate surface area is 108 Å². The molecule has 4 nitrogen and oxygen atoms in total. The normalized spacial score (nSPS) is 37.8. The topological polar surface area (TPSA) is 32.8 Å². The van der Waals surface area contributed by atoms with Gasteiger partial charge in [-0.25, -0.2) is 4.39 Å². The lowest BCUT2D eigenvalue weighted by Gasteiger charge is -2.47. The average molecular weight is 258 g/mol. The Morgan fingerprint density at radius 2 is 1.89 bits per heavy atom. The van der Waals surface area contributed by atoms with Crippen LogP contribution in [-0.2, 0) is 9.53 Å². The number of alkyl halides is 1. The van der Waals surface area contributed by atoms with Crippen LogP contribution in [-0.4, -0.2) is 67.8 Å². The molecule has 0 aromatic carbocycles. The van der Waals surface area contributed by atoms with Crippen molar-refractivity contribution < 1.29 is 13.9 Å². The van der Waals surface area contributed by atoms with Crippen LogP contribution < -0.4 is 0 Å². The molecule has 0 N–H and O–H groups in total. The second kappa shape index (κ2) is 4.78. The lowest BCUT2D eigenvalue weighted by Crippen LogP contribution is -2.56. The summed E-state index contributed by atoms with van der Waals surface area (Å²) in [5.74, 6) is -0.401. The van der Waals surface area contributed by atoms with Gasteiger partial charge in [-0.2, -0.15) is 0 Å². The number of ether oxygens (including phenoxy) is 1. The maximum atomic E-state index is 14.6. The van der Waals surface area contributed by atoms with E-state index >= 15 is 0 Å². The quantitative estimate of drug-likeness (QED) is 0.705. The van der Waals surface area contributed by atoms with Crippen molar-refractivity contribution in [2.45, 2.75) is 37.0 Å². The molecule has 0 aromatic heterocycles. The van der Waals surface area contributed by atoms with E-state index in [9.17, 15) is 9.18 Å². The molecule has 2 fully saturated rings. The van der Waals surface area contributed by atoms with E-state index in [0.717, 1.165) is 13.1 Å². The van der Waals surface area contributed by atoms with E-state index in [4.69, 9.17) is 4.74 Å². The minimum absolute atomic E-state index is 0.227. The molecule has 2 rings (SSSR count). The molecule has 1 amide bonds. The van der Waals surface area contributed by atoms with Gasteiger partial charge in [0.2, 0.25) is 0 Å². The highest BCUT2D eigenvalue weighted by molar-refractivity contribution is 5.84. The minimum atomic E-state index is -1.69. The molecular weight excluding hydrogens is 235 g/mol. The van der Waals surface area contributed by atoms with E-state index in [1.807, 2.05) is 0 Å². The number of nitrogens with zero attached hydrogens (tertiary/aromatic N) is 2. The summed E-state index contributed by atoms with van der Waals surface area (Å²) in [6.45, 7) is 2.48. The summed E-state index contributed by atoms with van der Waals surface area (Å²) in [7, 11) is 5.28.